The molecule has 2 aromatic rings. The van der Waals surface area contributed by atoms with Crippen molar-refractivity contribution in [3.63, 3.8) is 0 Å². The van der Waals surface area contributed by atoms with Gasteiger partial charge in [0.05, 0.1) is 20.2 Å². The monoisotopic (exact) mass is 347 g/mol. The number of methoxy groups -OCH3 is 1. The maximum Gasteiger partial charge on any atom is 0.191 e. The minimum absolute atomic E-state index is 0.564. The average molecular weight is 347 g/mol. The van der Waals surface area contributed by atoms with Gasteiger partial charge in [0.2, 0.25) is 0 Å². The fourth-order valence-electron chi connectivity index (χ4n) is 2.07. The number of aliphatic imine (C=N–C) groups is 1. The van der Waals surface area contributed by atoms with Crippen molar-refractivity contribution in [2.24, 2.45) is 4.99 Å². The number of thiophene rings is 1. The Morgan fingerprint density at radius 2 is 1.88 bits per heavy atom. The molecule has 0 aliphatic carbocycles. The predicted molar refractivity (Wildman–Crippen MR) is 100 cm³/mol. The first-order chi connectivity index (χ1) is 11.7. The molecule has 6 heteroatoms. The van der Waals surface area contributed by atoms with Crippen LogP contribution in [0.1, 0.15) is 17.4 Å². The van der Waals surface area contributed by atoms with Crippen molar-refractivity contribution in [3.05, 3.63) is 46.2 Å². The first kappa shape index (κ1) is 18.1. The topological polar surface area (TPSA) is 54.9 Å². The van der Waals surface area contributed by atoms with Crippen molar-refractivity contribution in [1.82, 2.24) is 10.6 Å². The van der Waals surface area contributed by atoms with Crippen molar-refractivity contribution in [2.75, 3.05) is 26.8 Å². The highest BCUT2D eigenvalue weighted by Gasteiger charge is 2.01. The SMILES string of the molecule is CCNC(=NCc1sccc1C)NCCOc1ccc(OC)cc1. The van der Waals surface area contributed by atoms with Gasteiger partial charge < -0.3 is 20.1 Å². The van der Waals surface area contributed by atoms with E-state index in [4.69, 9.17) is 9.47 Å². The molecule has 2 rings (SSSR count). The summed E-state index contributed by atoms with van der Waals surface area (Å²) in [7, 11) is 1.65. The molecule has 0 fully saturated rings. The number of aryl methyl sites for hydroxylation is 1. The molecule has 130 valence electrons. The van der Waals surface area contributed by atoms with Crippen molar-refractivity contribution in [1.29, 1.82) is 0 Å². The van der Waals surface area contributed by atoms with Gasteiger partial charge in [0.15, 0.2) is 5.96 Å². The van der Waals surface area contributed by atoms with E-state index in [1.807, 2.05) is 24.3 Å². The molecule has 0 saturated carbocycles. The Balaban J connectivity index is 1.77. The number of nitrogens with one attached hydrogen (secondary N) is 2. The van der Waals surface area contributed by atoms with Crippen LogP contribution in [0.25, 0.3) is 0 Å². The molecule has 0 radical (unpaired) electrons. The highest BCUT2D eigenvalue weighted by Crippen LogP contribution is 2.17. The minimum Gasteiger partial charge on any atom is -0.497 e. The van der Waals surface area contributed by atoms with Gasteiger partial charge in [0, 0.05) is 11.4 Å². The molecule has 0 saturated heterocycles. The van der Waals surface area contributed by atoms with Crippen molar-refractivity contribution < 1.29 is 9.47 Å². The van der Waals surface area contributed by atoms with E-state index in [2.05, 4.69) is 40.9 Å². The summed E-state index contributed by atoms with van der Waals surface area (Å²) >= 11 is 1.74. The molecular weight excluding hydrogens is 322 g/mol. The first-order valence-corrected chi connectivity index (χ1v) is 8.93. The minimum atomic E-state index is 0.564. The van der Waals surface area contributed by atoms with E-state index in [9.17, 15) is 0 Å². The molecule has 0 spiro atoms. The number of guanidine groups is 1. The van der Waals surface area contributed by atoms with Crippen LogP contribution in [-0.4, -0.2) is 32.8 Å². The van der Waals surface area contributed by atoms with E-state index in [0.29, 0.717) is 19.7 Å². The molecule has 1 aromatic heterocycles. The van der Waals surface area contributed by atoms with E-state index in [0.717, 1.165) is 24.0 Å². The molecule has 0 bridgehead atoms. The molecule has 24 heavy (non-hydrogen) atoms. The van der Waals surface area contributed by atoms with Crippen LogP contribution >= 0.6 is 11.3 Å². The molecule has 5 nitrogen and oxygen atoms in total. The van der Waals surface area contributed by atoms with Gasteiger partial charge in [-0.05, 0) is 55.1 Å². The Morgan fingerprint density at radius 1 is 1.12 bits per heavy atom. The van der Waals surface area contributed by atoms with Crippen molar-refractivity contribution in [3.8, 4) is 11.5 Å². The summed E-state index contributed by atoms with van der Waals surface area (Å²) < 4.78 is 10.8. The molecule has 2 N–H and O–H groups in total. The molecule has 1 aromatic carbocycles. The highest BCUT2D eigenvalue weighted by molar-refractivity contribution is 7.10. The van der Waals surface area contributed by atoms with Crippen LogP contribution in [0.15, 0.2) is 40.7 Å². The standard InChI is InChI=1S/C18H25N3O2S/c1-4-19-18(21-13-17-14(2)9-12-24-17)20-10-11-23-16-7-5-15(22-3)6-8-16/h5-9,12H,4,10-11,13H2,1-3H3,(H2,19,20,21). The Morgan fingerprint density at radius 3 is 2.50 bits per heavy atom. The van der Waals surface area contributed by atoms with E-state index >= 15 is 0 Å². The number of benzene rings is 1. The van der Waals surface area contributed by atoms with Crippen LogP contribution in [0, 0.1) is 6.92 Å². The molecule has 0 atom stereocenters. The third-order valence-corrected chi connectivity index (χ3v) is 4.42. The van der Waals surface area contributed by atoms with Crippen LogP contribution < -0.4 is 20.1 Å². The normalized spacial score (nSPS) is 11.2. The largest absolute Gasteiger partial charge is 0.497 e. The lowest BCUT2D eigenvalue weighted by Gasteiger charge is -2.12. The summed E-state index contributed by atoms with van der Waals surface area (Å²) in [5, 5.41) is 8.64. The van der Waals surface area contributed by atoms with Crippen molar-refractivity contribution in [2.45, 2.75) is 20.4 Å². The summed E-state index contributed by atoms with van der Waals surface area (Å²) in [4.78, 5) is 5.91. The van der Waals surface area contributed by atoms with Gasteiger partial charge in [-0.15, -0.1) is 11.3 Å². The lowest BCUT2D eigenvalue weighted by Crippen LogP contribution is -2.39. The molecule has 0 amide bonds. The maximum absolute atomic E-state index is 5.70. The lowest BCUT2D eigenvalue weighted by molar-refractivity contribution is 0.321. The maximum atomic E-state index is 5.70. The predicted octanol–water partition coefficient (Wildman–Crippen LogP) is 3.20. The van der Waals surface area contributed by atoms with Gasteiger partial charge in [0.25, 0.3) is 0 Å². The zero-order chi connectivity index (χ0) is 17.2. The fourth-order valence-corrected chi connectivity index (χ4v) is 2.90. The van der Waals surface area contributed by atoms with Crippen molar-refractivity contribution >= 4 is 17.3 Å². The Labute approximate surface area is 147 Å². The van der Waals surface area contributed by atoms with Crippen LogP contribution in [0.3, 0.4) is 0 Å². The molecule has 0 aliphatic rings. The van der Waals surface area contributed by atoms with Crippen LogP contribution in [0.4, 0.5) is 0 Å². The van der Waals surface area contributed by atoms with E-state index in [1.54, 1.807) is 18.4 Å². The zero-order valence-corrected chi connectivity index (χ0v) is 15.3. The lowest BCUT2D eigenvalue weighted by atomic mass is 10.3. The quantitative estimate of drug-likeness (QED) is 0.437. The second-order valence-electron chi connectivity index (χ2n) is 5.17. The number of rotatable bonds is 8. The van der Waals surface area contributed by atoms with Crippen LogP contribution in [0.2, 0.25) is 0 Å². The van der Waals surface area contributed by atoms with Gasteiger partial charge >= 0.3 is 0 Å². The van der Waals surface area contributed by atoms with Crippen LogP contribution in [0.5, 0.6) is 11.5 Å². The van der Waals surface area contributed by atoms with E-state index < -0.39 is 0 Å². The summed E-state index contributed by atoms with van der Waals surface area (Å²) in [5.41, 5.74) is 1.29. The van der Waals surface area contributed by atoms with Crippen LogP contribution in [-0.2, 0) is 6.54 Å². The molecule has 1 heterocycles. The number of ether oxygens (including phenoxy) is 2. The Hall–Kier alpha value is -2.21. The summed E-state index contributed by atoms with van der Waals surface area (Å²) in [6.45, 7) is 6.94. The smallest absolute Gasteiger partial charge is 0.191 e. The highest BCUT2D eigenvalue weighted by atomic mass is 32.1. The average Bonchev–Trinajstić information content (AvgIpc) is 3.02. The van der Waals surface area contributed by atoms with Gasteiger partial charge in [-0.1, -0.05) is 0 Å². The molecular formula is C18H25N3O2S. The number of hydrogen-bond donors (Lipinski definition) is 2. The van der Waals surface area contributed by atoms with Gasteiger partial charge in [-0.2, -0.15) is 0 Å². The number of hydrogen-bond acceptors (Lipinski definition) is 4. The van der Waals surface area contributed by atoms with E-state index in [-0.39, 0.29) is 0 Å². The van der Waals surface area contributed by atoms with Gasteiger partial charge in [-0.25, -0.2) is 4.99 Å². The summed E-state index contributed by atoms with van der Waals surface area (Å²) in [5.74, 6) is 2.46. The van der Waals surface area contributed by atoms with E-state index in [1.165, 1.54) is 10.4 Å². The Bertz CT molecular complexity index is 638. The zero-order valence-electron chi connectivity index (χ0n) is 14.5. The molecule has 0 aliphatic heterocycles. The third kappa shape index (κ3) is 5.77. The second kappa shape index (κ2) is 9.82. The Kier molecular flexibility index (Phi) is 7.42. The fraction of sp³-hybridized carbons (Fsp3) is 0.389. The van der Waals surface area contributed by atoms with Gasteiger partial charge in [-0.3, -0.25) is 0 Å². The molecule has 0 unspecified atom stereocenters. The summed E-state index contributed by atoms with van der Waals surface area (Å²) in [6.07, 6.45) is 0. The summed E-state index contributed by atoms with van der Waals surface area (Å²) in [6, 6.07) is 9.70. The second-order valence-corrected chi connectivity index (χ2v) is 6.17. The van der Waals surface area contributed by atoms with Gasteiger partial charge in [0.1, 0.15) is 18.1 Å². The first-order valence-electron chi connectivity index (χ1n) is 8.05. The third-order valence-electron chi connectivity index (χ3n) is 3.42. The number of nitrogens with zero attached hydrogens (tertiary/aromatic N) is 1.